The first-order valence-electron chi connectivity index (χ1n) is 9.93. The van der Waals surface area contributed by atoms with Gasteiger partial charge in [-0.1, -0.05) is 6.07 Å². The Morgan fingerprint density at radius 1 is 1.19 bits per heavy atom. The van der Waals surface area contributed by atoms with E-state index in [4.69, 9.17) is 9.90 Å². The monoisotopic (exact) mass is 469 g/mol. The number of aliphatic carboxylic acids is 1. The molecular weight excluding hydrogens is 447 g/mol. The van der Waals surface area contributed by atoms with Crippen molar-refractivity contribution in [1.29, 1.82) is 0 Å². The molecule has 2 fully saturated rings. The van der Waals surface area contributed by atoms with E-state index in [1.54, 1.807) is 17.5 Å². The molecule has 172 valence electrons. The molecule has 2 aliphatic rings. The van der Waals surface area contributed by atoms with Crippen LogP contribution in [0.25, 0.3) is 0 Å². The van der Waals surface area contributed by atoms with Crippen LogP contribution in [-0.4, -0.2) is 62.5 Å². The normalized spacial score (nSPS) is 17.8. The van der Waals surface area contributed by atoms with E-state index in [1.165, 1.54) is 0 Å². The number of carboxylic acids is 1. The van der Waals surface area contributed by atoms with Crippen LogP contribution in [0.3, 0.4) is 0 Å². The van der Waals surface area contributed by atoms with Crippen LogP contribution in [0.2, 0.25) is 0 Å². The Hall–Kier alpha value is -2.95. The van der Waals surface area contributed by atoms with Gasteiger partial charge in [-0.3, -0.25) is 14.6 Å². The average Bonchev–Trinajstić information content (AvgIpc) is 3.40. The largest absolute Gasteiger partial charge is 0.490 e. The second-order valence-corrected chi connectivity index (χ2v) is 8.45. The van der Waals surface area contributed by atoms with Crippen molar-refractivity contribution < 1.29 is 32.7 Å². The maximum atomic E-state index is 12.5. The Balaban J connectivity index is 0.000000360. The van der Waals surface area contributed by atoms with E-state index < -0.39 is 12.1 Å². The van der Waals surface area contributed by atoms with Gasteiger partial charge in [0.25, 0.3) is 5.91 Å². The minimum absolute atomic E-state index is 0.0989. The third-order valence-corrected chi connectivity index (χ3v) is 6.42. The zero-order valence-electron chi connectivity index (χ0n) is 17.0. The first kappa shape index (κ1) is 23.7. The predicted octanol–water partition coefficient (Wildman–Crippen LogP) is 3.57. The summed E-state index contributed by atoms with van der Waals surface area (Å²) in [6, 6.07) is 5.80. The molecule has 0 unspecified atom stereocenters. The van der Waals surface area contributed by atoms with Gasteiger partial charge in [0.2, 0.25) is 5.91 Å². The van der Waals surface area contributed by atoms with Crippen LogP contribution in [0.1, 0.15) is 41.6 Å². The quantitative estimate of drug-likeness (QED) is 0.742. The van der Waals surface area contributed by atoms with Crippen LogP contribution in [0.4, 0.5) is 13.2 Å². The number of hydrogen-bond acceptors (Lipinski definition) is 5. The number of carbonyl (C=O) groups excluding carboxylic acids is 2. The van der Waals surface area contributed by atoms with Gasteiger partial charge in [-0.15, -0.1) is 0 Å². The maximum Gasteiger partial charge on any atom is 0.490 e. The number of amides is 2. The maximum absolute atomic E-state index is 12.5. The number of piperidine rings is 1. The van der Waals surface area contributed by atoms with Gasteiger partial charge in [0, 0.05) is 49.4 Å². The summed E-state index contributed by atoms with van der Waals surface area (Å²) < 4.78 is 31.7. The number of hydrogen-bond donors (Lipinski definition) is 1. The summed E-state index contributed by atoms with van der Waals surface area (Å²) in [5, 5.41) is 11.0. The van der Waals surface area contributed by atoms with E-state index in [0.29, 0.717) is 26.1 Å². The number of carboxylic acid groups (broad SMARTS) is 1. The first-order valence-corrected chi connectivity index (χ1v) is 10.9. The van der Waals surface area contributed by atoms with E-state index in [1.807, 2.05) is 45.0 Å². The zero-order valence-corrected chi connectivity index (χ0v) is 17.9. The highest BCUT2D eigenvalue weighted by atomic mass is 32.1. The molecule has 0 saturated carbocycles. The lowest BCUT2D eigenvalue weighted by molar-refractivity contribution is -0.192. The number of aromatic nitrogens is 1. The van der Waals surface area contributed by atoms with Gasteiger partial charge in [0.15, 0.2) is 0 Å². The van der Waals surface area contributed by atoms with Crippen molar-refractivity contribution in [2.75, 3.05) is 13.1 Å². The molecule has 2 aromatic heterocycles. The lowest BCUT2D eigenvalue weighted by Crippen LogP contribution is -2.53. The number of carbonyl (C=O) groups is 3. The SMILES string of the molecule is O=C(O)C(F)(F)F.O=C(c1ccsc1)N1CCC2(CCC(=O)N2Cc2cccnc2)CC1. The fourth-order valence-corrected chi connectivity index (χ4v) is 4.65. The van der Waals surface area contributed by atoms with E-state index in [9.17, 15) is 22.8 Å². The van der Waals surface area contributed by atoms with E-state index in [0.717, 1.165) is 30.4 Å². The van der Waals surface area contributed by atoms with Crippen LogP contribution in [0.5, 0.6) is 0 Å². The number of nitrogens with zero attached hydrogens (tertiary/aromatic N) is 3. The van der Waals surface area contributed by atoms with Gasteiger partial charge in [-0.05, 0) is 42.3 Å². The Kier molecular flexibility index (Phi) is 7.17. The summed E-state index contributed by atoms with van der Waals surface area (Å²) in [5.41, 5.74) is 1.74. The molecule has 4 heterocycles. The molecule has 1 N–H and O–H groups in total. The van der Waals surface area contributed by atoms with Crippen LogP contribution in [0, 0.1) is 0 Å². The Labute approximate surface area is 186 Å². The standard InChI is InChI=1S/C19H21N3O2S.C2HF3O2/c23-17-3-5-19(22(17)13-15-2-1-8-20-12-15)6-9-21(10-7-19)18(24)16-4-11-25-14-16;3-2(4,5)1(6)7/h1-2,4,8,11-12,14H,3,5-7,9-10,13H2;(H,6,7). The molecule has 1 spiro atoms. The summed E-state index contributed by atoms with van der Waals surface area (Å²) in [7, 11) is 0. The van der Waals surface area contributed by atoms with Crippen molar-refractivity contribution in [3.05, 3.63) is 52.5 Å². The molecule has 0 aromatic carbocycles. The van der Waals surface area contributed by atoms with Gasteiger partial charge in [0.1, 0.15) is 0 Å². The molecule has 32 heavy (non-hydrogen) atoms. The van der Waals surface area contributed by atoms with E-state index in [-0.39, 0.29) is 17.4 Å². The topological polar surface area (TPSA) is 90.8 Å². The average molecular weight is 469 g/mol. The predicted molar refractivity (Wildman–Crippen MR) is 110 cm³/mol. The molecule has 7 nitrogen and oxygen atoms in total. The van der Waals surface area contributed by atoms with Gasteiger partial charge in [-0.2, -0.15) is 24.5 Å². The van der Waals surface area contributed by atoms with Gasteiger partial charge >= 0.3 is 12.1 Å². The lowest BCUT2D eigenvalue weighted by atomic mass is 9.84. The lowest BCUT2D eigenvalue weighted by Gasteiger charge is -2.45. The van der Waals surface area contributed by atoms with Crippen LogP contribution in [-0.2, 0) is 16.1 Å². The first-order chi connectivity index (χ1) is 15.1. The third kappa shape index (κ3) is 5.45. The van der Waals surface area contributed by atoms with Crippen molar-refractivity contribution in [3.8, 4) is 0 Å². The molecule has 2 aliphatic heterocycles. The summed E-state index contributed by atoms with van der Waals surface area (Å²) in [6.07, 6.45) is 1.71. The molecule has 2 amide bonds. The molecule has 2 saturated heterocycles. The highest BCUT2D eigenvalue weighted by Gasteiger charge is 2.47. The molecule has 0 aliphatic carbocycles. The number of thiophene rings is 1. The molecule has 2 aromatic rings. The molecule has 4 rings (SSSR count). The molecule has 0 bridgehead atoms. The Bertz CT molecular complexity index is 943. The minimum atomic E-state index is -5.08. The second kappa shape index (κ2) is 9.68. The number of pyridine rings is 1. The molecular formula is C21H22F3N3O4S. The highest BCUT2D eigenvalue weighted by molar-refractivity contribution is 7.08. The number of likely N-dealkylation sites (tertiary alicyclic amines) is 2. The molecule has 11 heteroatoms. The van der Waals surface area contributed by atoms with Crippen molar-refractivity contribution in [3.63, 3.8) is 0 Å². The van der Waals surface area contributed by atoms with Crippen LogP contribution < -0.4 is 0 Å². The van der Waals surface area contributed by atoms with E-state index in [2.05, 4.69) is 4.98 Å². The molecule has 0 atom stereocenters. The fraction of sp³-hybridized carbons (Fsp3) is 0.429. The van der Waals surface area contributed by atoms with Crippen LogP contribution >= 0.6 is 11.3 Å². The second-order valence-electron chi connectivity index (χ2n) is 7.67. The van der Waals surface area contributed by atoms with Crippen molar-refractivity contribution >= 4 is 29.1 Å². The summed E-state index contributed by atoms with van der Waals surface area (Å²) in [5.74, 6) is -2.42. The zero-order chi connectivity index (χ0) is 23.4. The van der Waals surface area contributed by atoms with E-state index >= 15 is 0 Å². The third-order valence-electron chi connectivity index (χ3n) is 5.73. The fourth-order valence-electron chi connectivity index (χ4n) is 4.02. The summed E-state index contributed by atoms with van der Waals surface area (Å²) in [6.45, 7) is 2.04. The van der Waals surface area contributed by atoms with Crippen LogP contribution in [0.15, 0.2) is 41.4 Å². The Morgan fingerprint density at radius 3 is 2.41 bits per heavy atom. The number of alkyl halides is 3. The van der Waals surface area contributed by atoms with Crippen molar-refractivity contribution in [2.24, 2.45) is 0 Å². The highest BCUT2D eigenvalue weighted by Crippen LogP contribution is 2.40. The summed E-state index contributed by atoms with van der Waals surface area (Å²) in [4.78, 5) is 42.0. The number of halogens is 3. The van der Waals surface area contributed by atoms with Gasteiger partial charge in [0.05, 0.1) is 5.56 Å². The molecule has 0 radical (unpaired) electrons. The van der Waals surface area contributed by atoms with Crippen molar-refractivity contribution in [2.45, 2.75) is 43.9 Å². The van der Waals surface area contributed by atoms with Crippen molar-refractivity contribution in [1.82, 2.24) is 14.8 Å². The van der Waals surface area contributed by atoms with Gasteiger partial charge in [-0.25, -0.2) is 4.79 Å². The van der Waals surface area contributed by atoms with Gasteiger partial charge < -0.3 is 14.9 Å². The number of rotatable bonds is 3. The smallest absolute Gasteiger partial charge is 0.475 e. The Morgan fingerprint density at radius 2 is 1.88 bits per heavy atom. The minimum Gasteiger partial charge on any atom is -0.475 e. The summed E-state index contributed by atoms with van der Waals surface area (Å²) >= 11 is 1.55.